The molecule has 0 aliphatic rings. The molecule has 8 heteroatoms. The lowest BCUT2D eigenvalue weighted by Crippen LogP contribution is -2.22. The third kappa shape index (κ3) is 6.74. The van der Waals surface area contributed by atoms with Crippen LogP contribution in [0, 0.1) is 0 Å². The van der Waals surface area contributed by atoms with Gasteiger partial charge in [0.1, 0.15) is 6.10 Å². The number of esters is 1. The average molecular weight is 373 g/mol. The smallest absolute Gasteiger partial charge is 0.306 e. The van der Waals surface area contributed by atoms with Crippen LogP contribution < -0.4 is 5.32 Å². The molecule has 0 aliphatic carbocycles. The number of ether oxygens (including phenoxy) is 1. The number of nitrogens with one attached hydrogen (secondary N) is 1. The normalized spacial score (nSPS) is 10.5. The number of hydrogen-bond donors (Lipinski definition) is 1. The summed E-state index contributed by atoms with van der Waals surface area (Å²) in [6, 6.07) is 4.69. The molecular weight excluding hydrogens is 360 g/mol. The number of benzene rings is 1. The topological polar surface area (TPSA) is 55.4 Å². The highest BCUT2D eigenvalue weighted by Crippen LogP contribution is 2.25. The summed E-state index contributed by atoms with van der Waals surface area (Å²) in [5.74, 6) is -0.660. The highest BCUT2D eigenvalue weighted by Gasteiger charge is 2.14. The largest absolute Gasteiger partial charge is 0.460 e. The summed E-state index contributed by atoms with van der Waals surface area (Å²) >= 11 is 22.8. The van der Waals surface area contributed by atoms with Gasteiger partial charge in [0, 0.05) is 11.4 Å². The lowest BCUT2D eigenvalue weighted by Gasteiger charge is -2.12. The maximum Gasteiger partial charge on any atom is 0.306 e. The number of anilines is 1. The van der Waals surface area contributed by atoms with Crippen molar-refractivity contribution < 1.29 is 14.3 Å². The van der Waals surface area contributed by atoms with Gasteiger partial charge < -0.3 is 10.1 Å². The number of hydrogen-bond acceptors (Lipinski definition) is 3. The molecule has 0 bridgehead atoms. The molecule has 0 saturated carbocycles. The number of carbonyl (C=O) groups is 2. The van der Waals surface area contributed by atoms with E-state index in [0.29, 0.717) is 15.7 Å². The van der Waals surface area contributed by atoms with Crippen molar-refractivity contribution in [3.05, 3.63) is 28.2 Å². The molecule has 1 N–H and O–H groups in total. The molecule has 0 unspecified atom stereocenters. The average Bonchev–Trinajstić information content (AvgIpc) is 2.45. The number of amides is 1. The number of rotatable bonds is 7. The van der Waals surface area contributed by atoms with E-state index in [1.807, 2.05) is 0 Å². The minimum atomic E-state index is -0.547. The van der Waals surface area contributed by atoms with Gasteiger partial charge in [-0.15, -0.1) is 23.2 Å². The minimum absolute atomic E-state index is 0.0327. The summed E-state index contributed by atoms with van der Waals surface area (Å²) in [5.41, 5.74) is 0.429. The molecule has 1 aromatic rings. The van der Waals surface area contributed by atoms with Crippen molar-refractivity contribution in [2.24, 2.45) is 0 Å². The van der Waals surface area contributed by atoms with Gasteiger partial charge in [-0.25, -0.2) is 0 Å². The number of halogens is 4. The van der Waals surface area contributed by atoms with E-state index in [-0.39, 0.29) is 30.5 Å². The van der Waals surface area contributed by atoms with Gasteiger partial charge in [-0.1, -0.05) is 23.2 Å². The van der Waals surface area contributed by atoms with Crippen LogP contribution in [0.2, 0.25) is 10.0 Å². The first-order valence-electron chi connectivity index (χ1n) is 6.02. The third-order valence-corrected chi connectivity index (χ3v) is 3.64. The molecule has 1 aromatic carbocycles. The summed E-state index contributed by atoms with van der Waals surface area (Å²) in [7, 11) is 0. The van der Waals surface area contributed by atoms with Crippen LogP contribution in [0.1, 0.15) is 12.8 Å². The first-order valence-corrected chi connectivity index (χ1v) is 7.85. The van der Waals surface area contributed by atoms with E-state index in [1.54, 1.807) is 12.1 Å². The first-order chi connectivity index (χ1) is 9.96. The monoisotopic (exact) mass is 371 g/mol. The Bertz CT molecular complexity index is 506. The fraction of sp³-hybridized carbons (Fsp3) is 0.385. The second-order valence-corrected chi connectivity index (χ2v) is 5.55. The molecule has 0 saturated heterocycles. The Hall–Kier alpha value is -0.680. The highest BCUT2D eigenvalue weighted by molar-refractivity contribution is 6.36. The van der Waals surface area contributed by atoms with Gasteiger partial charge in [-0.05, 0) is 18.2 Å². The zero-order valence-corrected chi connectivity index (χ0v) is 13.9. The molecule has 1 amide bonds. The molecule has 0 heterocycles. The van der Waals surface area contributed by atoms with Crippen LogP contribution in [0.4, 0.5) is 5.69 Å². The van der Waals surface area contributed by atoms with E-state index >= 15 is 0 Å². The Morgan fingerprint density at radius 3 is 2.38 bits per heavy atom. The van der Waals surface area contributed by atoms with Crippen LogP contribution in [0.15, 0.2) is 18.2 Å². The van der Waals surface area contributed by atoms with E-state index in [2.05, 4.69) is 5.32 Å². The van der Waals surface area contributed by atoms with Gasteiger partial charge in [-0.3, -0.25) is 9.59 Å². The van der Waals surface area contributed by atoms with Crippen molar-refractivity contribution in [2.75, 3.05) is 17.1 Å². The second kappa shape index (κ2) is 9.36. The molecule has 0 spiro atoms. The molecule has 4 nitrogen and oxygen atoms in total. The van der Waals surface area contributed by atoms with Gasteiger partial charge in [0.05, 0.1) is 28.9 Å². The van der Waals surface area contributed by atoms with Crippen LogP contribution in [-0.2, 0) is 14.3 Å². The predicted octanol–water partition coefficient (Wildman–Crippen LogP) is 4.10. The van der Waals surface area contributed by atoms with Crippen molar-refractivity contribution in [1.29, 1.82) is 0 Å². The van der Waals surface area contributed by atoms with Gasteiger partial charge in [0.25, 0.3) is 0 Å². The van der Waals surface area contributed by atoms with Gasteiger partial charge >= 0.3 is 5.97 Å². The first kappa shape index (κ1) is 18.4. The summed E-state index contributed by atoms with van der Waals surface area (Å²) in [6.45, 7) is 0. The van der Waals surface area contributed by atoms with Crippen LogP contribution >= 0.6 is 46.4 Å². The number of carbonyl (C=O) groups excluding carboxylic acids is 2. The lowest BCUT2D eigenvalue weighted by atomic mass is 10.2. The second-order valence-electron chi connectivity index (χ2n) is 4.09. The van der Waals surface area contributed by atoms with Gasteiger partial charge in [0.15, 0.2) is 0 Å². The fourth-order valence-corrected chi connectivity index (χ4v) is 2.28. The molecule has 0 atom stereocenters. The SMILES string of the molecule is O=C(CCC(=O)OC(CCl)CCl)Nc1ccc(Cl)cc1Cl. The predicted molar refractivity (Wildman–Crippen MR) is 85.6 cm³/mol. The van der Waals surface area contributed by atoms with Crippen molar-refractivity contribution in [3.63, 3.8) is 0 Å². The number of alkyl halides is 2. The zero-order valence-electron chi connectivity index (χ0n) is 10.9. The van der Waals surface area contributed by atoms with E-state index < -0.39 is 12.1 Å². The van der Waals surface area contributed by atoms with Crippen LogP contribution in [-0.4, -0.2) is 29.7 Å². The zero-order chi connectivity index (χ0) is 15.8. The van der Waals surface area contributed by atoms with Crippen LogP contribution in [0.3, 0.4) is 0 Å². The molecule has 0 aliphatic heterocycles. The van der Waals surface area contributed by atoms with E-state index in [9.17, 15) is 9.59 Å². The summed E-state index contributed by atoms with van der Waals surface area (Å²) in [5, 5.41) is 3.37. The summed E-state index contributed by atoms with van der Waals surface area (Å²) in [6.07, 6.45) is -0.647. The van der Waals surface area contributed by atoms with Crippen LogP contribution in [0.5, 0.6) is 0 Å². The maximum absolute atomic E-state index is 11.7. The van der Waals surface area contributed by atoms with Crippen molar-refractivity contribution >= 4 is 64.0 Å². The Labute approximate surface area is 142 Å². The lowest BCUT2D eigenvalue weighted by molar-refractivity contribution is -0.148. The van der Waals surface area contributed by atoms with Crippen molar-refractivity contribution in [3.8, 4) is 0 Å². The van der Waals surface area contributed by atoms with E-state index in [1.165, 1.54) is 6.07 Å². The minimum Gasteiger partial charge on any atom is -0.460 e. The standard InChI is InChI=1S/C13H13Cl4NO3/c14-6-9(7-15)21-13(20)4-3-12(19)18-11-2-1-8(16)5-10(11)17/h1-2,5,9H,3-4,6-7H2,(H,18,19). The van der Waals surface area contributed by atoms with E-state index in [0.717, 1.165) is 0 Å². The Balaban J connectivity index is 2.42. The molecule has 0 radical (unpaired) electrons. The van der Waals surface area contributed by atoms with Gasteiger partial charge in [-0.2, -0.15) is 0 Å². The maximum atomic E-state index is 11.7. The van der Waals surface area contributed by atoms with Gasteiger partial charge in [0.2, 0.25) is 5.91 Å². The van der Waals surface area contributed by atoms with Crippen molar-refractivity contribution in [2.45, 2.75) is 18.9 Å². The molecular formula is C13H13Cl4NO3. The molecule has 1 rings (SSSR count). The quantitative estimate of drug-likeness (QED) is 0.579. The Morgan fingerprint density at radius 1 is 1.14 bits per heavy atom. The Morgan fingerprint density at radius 2 is 1.81 bits per heavy atom. The molecule has 0 aromatic heterocycles. The summed E-state index contributed by atoms with van der Waals surface area (Å²) < 4.78 is 4.96. The van der Waals surface area contributed by atoms with Crippen molar-refractivity contribution in [1.82, 2.24) is 0 Å². The third-order valence-electron chi connectivity index (χ3n) is 2.40. The van der Waals surface area contributed by atoms with E-state index in [4.69, 9.17) is 51.1 Å². The summed E-state index contributed by atoms with van der Waals surface area (Å²) in [4.78, 5) is 23.2. The molecule has 0 fully saturated rings. The fourth-order valence-electron chi connectivity index (χ4n) is 1.37. The molecule has 116 valence electrons. The molecule has 21 heavy (non-hydrogen) atoms. The Kier molecular flexibility index (Phi) is 8.19. The highest BCUT2D eigenvalue weighted by atomic mass is 35.5. The van der Waals surface area contributed by atoms with Crippen LogP contribution in [0.25, 0.3) is 0 Å².